The average Bonchev–Trinajstić information content (AvgIpc) is 2.03. The molecule has 6 nitrogen and oxygen atoms in total. The Bertz CT molecular complexity index is 298. The van der Waals surface area contributed by atoms with E-state index in [1.54, 1.807) is 0 Å². The van der Waals surface area contributed by atoms with Gasteiger partial charge in [-0.25, -0.2) is 0 Å². The van der Waals surface area contributed by atoms with Crippen molar-refractivity contribution in [3.8, 4) is 0 Å². The first-order valence-electron chi connectivity index (χ1n) is 3.25. The predicted octanol–water partition coefficient (Wildman–Crippen LogP) is -0.476. The molecule has 0 aliphatic heterocycles. The number of carbonyl (C=O) groups is 1. The van der Waals surface area contributed by atoms with Crippen molar-refractivity contribution in [1.29, 1.82) is 0 Å². The molecule has 0 saturated heterocycles. The Morgan fingerprint density at radius 3 is 2.46 bits per heavy atom. The highest BCUT2D eigenvalue weighted by Crippen LogP contribution is 1.97. The van der Waals surface area contributed by atoms with Crippen LogP contribution in [-0.4, -0.2) is 38.9 Å². The molecule has 0 fully saturated rings. The molecule has 0 heterocycles. The van der Waals surface area contributed by atoms with Gasteiger partial charge < -0.3 is 4.79 Å². The van der Waals surface area contributed by atoms with E-state index in [2.05, 4.69) is 4.40 Å². The summed E-state index contributed by atoms with van der Waals surface area (Å²) in [4.78, 5) is 12.0. The quantitative estimate of drug-likeness (QED) is 0.305. The summed E-state index contributed by atoms with van der Waals surface area (Å²) in [5, 5.41) is 0. The molecule has 0 rings (SSSR count). The van der Waals surface area contributed by atoms with Crippen LogP contribution in [0.1, 0.15) is 6.42 Å². The van der Waals surface area contributed by atoms with Crippen LogP contribution in [0.5, 0.6) is 0 Å². The van der Waals surface area contributed by atoms with E-state index in [1.165, 1.54) is 14.1 Å². The van der Waals surface area contributed by atoms with Crippen LogP contribution in [0, 0.1) is 0 Å². The molecule has 0 radical (unpaired) electrons. The molecule has 0 bridgehead atoms. The summed E-state index contributed by atoms with van der Waals surface area (Å²) in [6.45, 7) is 0. The van der Waals surface area contributed by atoms with E-state index < -0.39 is 10.2 Å². The predicted molar refractivity (Wildman–Crippen MR) is 49.7 cm³/mol. The van der Waals surface area contributed by atoms with Gasteiger partial charge in [-0.15, -0.1) is 4.40 Å². The van der Waals surface area contributed by atoms with Gasteiger partial charge in [-0.3, -0.25) is 4.84 Å². The minimum Gasteiger partial charge on any atom is -0.303 e. The molecule has 0 aliphatic rings. The topological polar surface area (TPSA) is 78.8 Å². The maximum Gasteiger partial charge on any atom is 0.323 e. The molecular formula is C5H10ClN3O3S. The normalized spacial score (nSPS) is 13.1. The summed E-state index contributed by atoms with van der Waals surface area (Å²) < 4.78 is 26.4. The smallest absolute Gasteiger partial charge is 0.303 e. The van der Waals surface area contributed by atoms with Crippen LogP contribution in [0.4, 0.5) is 0 Å². The van der Waals surface area contributed by atoms with Gasteiger partial charge >= 0.3 is 10.2 Å². The maximum atomic E-state index is 11.1. The van der Waals surface area contributed by atoms with Crippen LogP contribution in [0.25, 0.3) is 0 Å². The SMILES string of the molecule is CN(C)S(=O)(=O)N=C(CC=O)NCl. The number of halogens is 1. The lowest BCUT2D eigenvalue weighted by molar-refractivity contribution is -0.106. The first-order valence-corrected chi connectivity index (χ1v) is 5.03. The number of nitrogens with zero attached hydrogens (tertiary/aromatic N) is 2. The Balaban J connectivity index is 4.78. The van der Waals surface area contributed by atoms with Crippen molar-refractivity contribution in [2.24, 2.45) is 4.40 Å². The Morgan fingerprint density at radius 1 is 1.62 bits per heavy atom. The van der Waals surface area contributed by atoms with Gasteiger partial charge in [-0.1, -0.05) is 0 Å². The van der Waals surface area contributed by atoms with Crippen molar-refractivity contribution in [3.63, 3.8) is 0 Å². The number of carbonyl (C=O) groups excluding carboxylic acids is 1. The second kappa shape index (κ2) is 5.15. The standard InChI is InChI=1S/C5H10ClN3O3S/c1-9(2)13(11,12)8-5(7-6)3-4-10/h4H,3H2,1-2H3,(H,7,8). The molecular weight excluding hydrogens is 218 g/mol. The van der Waals surface area contributed by atoms with Gasteiger partial charge in [-0.2, -0.15) is 12.7 Å². The Morgan fingerprint density at radius 2 is 2.15 bits per heavy atom. The number of rotatable bonds is 4. The first-order chi connectivity index (χ1) is 5.94. The summed E-state index contributed by atoms with van der Waals surface area (Å²) in [6, 6.07) is 0. The molecule has 0 aromatic heterocycles. The van der Waals surface area contributed by atoms with Gasteiger partial charge in [0, 0.05) is 25.9 Å². The molecule has 0 atom stereocenters. The van der Waals surface area contributed by atoms with E-state index in [0.29, 0.717) is 6.29 Å². The average molecular weight is 228 g/mol. The summed E-state index contributed by atoms with van der Waals surface area (Å²) in [6.07, 6.45) is 0.329. The van der Waals surface area contributed by atoms with Crippen molar-refractivity contribution in [2.45, 2.75) is 6.42 Å². The highest BCUT2D eigenvalue weighted by Gasteiger charge is 2.12. The fraction of sp³-hybridized carbons (Fsp3) is 0.600. The summed E-state index contributed by atoms with van der Waals surface area (Å²) in [5.41, 5.74) is 0. The van der Waals surface area contributed by atoms with Gasteiger partial charge in [0.25, 0.3) is 0 Å². The lowest BCUT2D eigenvalue weighted by Crippen LogP contribution is -2.24. The Labute approximate surface area is 81.9 Å². The molecule has 0 saturated carbocycles. The third kappa shape index (κ3) is 4.20. The van der Waals surface area contributed by atoms with Crippen LogP contribution in [0.2, 0.25) is 0 Å². The largest absolute Gasteiger partial charge is 0.323 e. The second-order valence-electron chi connectivity index (χ2n) is 2.26. The van der Waals surface area contributed by atoms with Crippen LogP contribution < -0.4 is 4.84 Å². The third-order valence-corrected chi connectivity index (χ3v) is 2.66. The van der Waals surface area contributed by atoms with E-state index in [9.17, 15) is 13.2 Å². The molecule has 0 amide bonds. The number of amidine groups is 1. The summed E-state index contributed by atoms with van der Waals surface area (Å²) in [7, 11) is -1.07. The van der Waals surface area contributed by atoms with E-state index in [1.807, 2.05) is 4.84 Å². The van der Waals surface area contributed by atoms with E-state index in [-0.39, 0.29) is 12.3 Å². The van der Waals surface area contributed by atoms with Gasteiger partial charge in [0.15, 0.2) is 0 Å². The second-order valence-corrected chi connectivity index (χ2v) is 4.26. The number of hydrogen-bond acceptors (Lipinski definition) is 3. The minimum atomic E-state index is -3.72. The van der Waals surface area contributed by atoms with Crippen LogP contribution in [-0.2, 0) is 15.0 Å². The van der Waals surface area contributed by atoms with Crippen molar-refractivity contribution < 1.29 is 13.2 Å². The molecule has 13 heavy (non-hydrogen) atoms. The van der Waals surface area contributed by atoms with Gasteiger partial charge in [0.2, 0.25) is 0 Å². The molecule has 76 valence electrons. The third-order valence-electron chi connectivity index (χ3n) is 1.07. The lowest BCUT2D eigenvalue weighted by atomic mass is 10.5. The molecule has 0 aliphatic carbocycles. The highest BCUT2D eigenvalue weighted by molar-refractivity contribution is 7.87. The van der Waals surface area contributed by atoms with Crippen molar-refractivity contribution >= 4 is 34.1 Å². The van der Waals surface area contributed by atoms with Gasteiger partial charge in [0.1, 0.15) is 12.1 Å². The van der Waals surface area contributed by atoms with Crippen LogP contribution in [0.15, 0.2) is 4.40 Å². The molecule has 0 spiro atoms. The summed E-state index contributed by atoms with van der Waals surface area (Å²) in [5.74, 6) is -0.106. The van der Waals surface area contributed by atoms with E-state index in [4.69, 9.17) is 11.8 Å². The zero-order valence-corrected chi connectivity index (χ0v) is 8.76. The summed E-state index contributed by atoms with van der Waals surface area (Å²) >= 11 is 5.13. The van der Waals surface area contributed by atoms with Crippen LogP contribution >= 0.6 is 11.8 Å². The number of hydrogen-bond donors (Lipinski definition) is 1. The zero-order valence-electron chi connectivity index (χ0n) is 7.19. The number of nitrogens with one attached hydrogen (secondary N) is 1. The Hall–Kier alpha value is -0.660. The van der Waals surface area contributed by atoms with E-state index >= 15 is 0 Å². The van der Waals surface area contributed by atoms with Gasteiger partial charge in [-0.05, 0) is 0 Å². The fourth-order valence-corrected chi connectivity index (χ4v) is 1.12. The molecule has 0 aromatic rings. The molecule has 1 N–H and O–H groups in total. The molecule has 0 unspecified atom stereocenters. The van der Waals surface area contributed by atoms with E-state index in [0.717, 1.165) is 4.31 Å². The van der Waals surface area contributed by atoms with Crippen LogP contribution in [0.3, 0.4) is 0 Å². The molecule has 0 aromatic carbocycles. The highest BCUT2D eigenvalue weighted by atomic mass is 35.5. The Kier molecular flexibility index (Phi) is 4.89. The lowest BCUT2D eigenvalue weighted by Gasteiger charge is -2.07. The number of aldehydes is 1. The zero-order chi connectivity index (χ0) is 10.5. The van der Waals surface area contributed by atoms with Gasteiger partial charge in [0.05, 0.1) is 6.42 Å². The fourth-order valence-electron chi connectivity index (χ4n) is 0.393. The molecule has 8 heteroatoms. The maximum absolute atomic E-state index is 11.1. The van der Waals surface area contributed by atoms with Crippen molar-refractivity contribution in [1.82, 2.24) is 9.14 Å². The monoisotopic (exact) mass is 227 g/mol. The van der Waals surface area contributed by atoms with Crippen molar-refractivity contribution in [3.05, 3.63) is 0 Å². The van der Waals surface area contributed by atoms with Crippen molar-refractivity contribution in [2.75, 3.05) is 14.1 Å². The minimum absolute atomic E-state index is 0.106. The first kappa shape index (κ1) is 12.3.